The predicted octanol–water partition coefficient (Wildman–Crippen LogP) is 6.33. The van der Waals surface area contributed by atoms with E-state index in [2.05, 4.69) is 6.92 Å². The molecule has 156 valence electrons. The van der Waals surface area contributed by atoms with Crippen molar-refractivity contribution in [2.75, 3.05) is 6.61 Å². The van der Waals surface area contributed by atoms with Gasteiger partial charge in [-0.3, -0.25) is 0 Å². The van der Waals surface area contributed by atoms with Crippen LogP contribution >= 0.6 is 0 Å². The van der Waals surface area contributed by atoms with Gasteiger partial charge in [0.05, 0.1) is 17.7 Å². The van der Waals surface area contributed by atoms with Crippen molar-refractivity contribution in [1.29, 1.82) is 0 Å². The standard InChI is InChI=1S/C24H36O4/c1-3-4-5-6-7-8-11-18-27-23(25)21-14-16-22(17-15-21)24(26)28-19(2)20-12-9-10-13-20/h14-17,19-20H,3-13,18H2,1-2H3. The van der Waals surface area contributed by atoms with Crippen LogP contribution in [0.3, 0.4) is 0 Å². The van der Waals surface area contributed by atoms with Gasteiger partial charge in [0.1, 0.15) is 6.10 Å². The molecular formula is C24H36O4. The number of benzene rings is 1. The lowest BCUT2D eigenvalue weighted by molar-refractivity contribution is 0.0203. The van der Waals surface area contributed by atoms with Crippen LogP contribution in [0.15, 0.2) is 24.3 Å². The number of unbranched alkanes of at least 4 members (excludes halogenated alkanes) is 6. The average Bonchev–Trinajstić information content (AvgIpc) is 3.25. The maximum Gasteiger partial charge on any atom is 0.338 e. The molecule has 1 unspecified atom stereocenters. The fourth-order valence-electron chi connectivity index (χ4n) is 3.81. The highest BCUT2D eigenvalue weighted by atomic mass is 16.5. The molecule has 4 nitrogen and oxygen atoms in total. The van der Waals surface area contributed by atoms with E-state index in [1.165, 1.54) is 44.9 Å². The molecular weight excluding hydrogens is 352 g/mol. The second kappa shape index (κ2) is 12.6. The Hall–Kier alpha value is -1.84. The summed E-state index contributed by atoms with van der Waals surface area (Å²) in [6.07, 6.45) is 13.0. The fourth-order valence-corrected chi connectivity index (χ4v) is 3.81. The maximum atomic E-state index is 12.3. The van der Waals surface area contributed by atoms with E-state index in [0.717, 1.165) is 25.7 Å². The van der Waals surface area contributed by atoms with Crippen molar-refractivity contribution in [2.45, 2.75) is 90.6 Å². The third kappa shape index (κ3) is 7.65. The minimum absolute atomic E-state index is 0.0541. The van der Waals surface area contributed by atoms with Crippen molar-refractivity contribution in [2.24, 2.45) is 5.92 Å². The molecule has 1 aliphatic carbocycles. The summed E-state index contributed by atoms with van der Waals surface area (Å²) in [6, 6.07) is 6.58. The summed E-state index contributed by atoms with van der Waals surface area (Å²) >= 11 is 0. The Bertz CT molecular complexity index is 587. The van der Waals surface area contributed by atoms with Crippen LogP contribution in [-0.4, -0.2) is 24.6 Å². The average molecular weight is 389 g/mol. The number of carbonyl (C=O) groups is 2. The highest BCUT2D eigenvalue weighted by Crippen LogP contribution is 2.29. The van der Waals surface area contributed by atoms with E-state index in [-0.39, 0.29) is 18.0 Å². The van der Waals surface area contributed by atoms with Gasteiger partial charge in [0.25, 0.3) is 0 Å². The van der Waals surface area contributed by atoms with Crippen LogP contribution in [0.2, 0.25) is 0 Å². The van der Waals surface area contributed by atoms with Crippen molar-refractivity contribution in [3.8, 4) is 0 Å². The smallest absolute Gasteiger partial charge is 0.338 e. The molecule has 0 aromatic heterocycles. The third-order valence-electron chi connectivity index (χ3n) is 5.69. The van der Waals surface area contributed by atoms with Crippen LogP contribution in [-0.2, 0) is 9.47 Å². The van der Waals surface area contributed by atoms with Gasteiger partial charge in [-0.2, -0.15) is 0 Å². The minimum atomic E-state index is -0.328. The summed E-state index contributed by atoms with van der Waals surface area (Å²) in [4.78, 5) is 24.4. The van der Waals surface area contributed by atoms with Gasteiger partial charge in [-0.1, -0.05) is 58.3 Å². The number of carbonyl (C=O) groups excluding carboxylic acids is 2. The summed E-state index contributed by atoms with van der Waals surface area (Å²) < 4.78 is 10.9. The summed E-state index contributed by atoms with van der Waals surface area (Å²) in [5, 5.41) is 0. The SMILES string of the molecule is CCCCCCCCCOC(=O)c1ccc(C(=O)OC(C)C2CCCC2)cc1. The van der Waals surface area contributed by atoms with Gasteiger partial charge in [-0.15, -0.1) is 0 Å². The van der Waals surface area contributed by atoms with E-state index in [4.69, 9.17) is 9.47 Å². The molecule has 4 heteroatoms. The van der Waals surface area contributed by atoms with E-state index in [1.54, 1.807) is 24.3 Å². The highest BCUT2D eigenvalue weighted by Gasteiger charge is 2.24. The first-order chi connectivity index (χ1) is 13.6. The van der Waals surface area contributed by atoms with Crippen molar-refractivity contribution in [1.82, 2.24) is 0 Å². The lowest BCUT2D eigenvalue weighted by Crippen LogP contribution is -2.22. The molecule has 1 aliphatic rings. The number of ether oxygens (including phenoxy) is 2. The van der Waals surface area contributed by atoms with Gasteiger partial charge in [0.2, 0.25) is 0 Å². The molecule has 0 heterocycles. The zero-order valence-electron chi connectivity index (χ0n) is 17.6. The quantitative estimate of drug-likeness (QED) is 0.310. The fraction of sp³-hybridized carbons (Fsp3) is 0.667. The van der Waals surface area contributed by atoms with E-state index < -0.39 is 0 Å². The molecule has 1 atom stereocenters. The molecule has 1 aromatic carbocycles. The molecule has 0 radical (unpaired) electrons. The maximum absolute atomic E-state index is 12.3. The van der Waals surface area contributed by atoms with Crippen molar-refractivity contribution in [3.05, 3.63) is 35.4 Å². The molecule has 0 saturated heterocycles. The van der Waals surface area contributed by atoms with Crippen LogP contribution in [0.5, 0.6) is 0 Å². The highest BCUT2D eigenvalue weighted by molar-refractivity contribution is 5.93. The van der Waals surface area contributed by atoms with Crippen molar-refractivity contribution in [3.63, 3.8) is 0 Å². The number of rotatable bonds is 12. The summed E-state index contributed by atoms with van der Waals surface area (Å²) in [5.74, 6) is -0.169. The predicted molar refractivity (Wildman–Crippen MR) is 112 cm³/mol. The molecule has 0 bridgehead atoms. The third-order valence-corrected chi connectivity index (χ3v) is 5.69. The summed E-state index contributed by atoms with van der Waals surface area (Å²) in [5.41, 5.74) is 0.955. The van der Waals surface area contributed by atoms with Crippen LogP contribution in [0.4, 0.5) is 0 Å². The Balaban J connectivity index is 1.67. The largest absolute Gasteiger partial charge is 0.462 e. The van der Waals surface area contributed by atoms with Crippen LogP contribution < -0.4 is 0 Å². The zero-order chi connectivity index (χ0) is 20.2. The molecule has 1 saturated carbocycles. The first kappa shape index (κ1) is 22.4. The molecule has 2 rings (SSSR count). The molecule has 1 fully saturated rings. The van der Waals surface area contributed by atoms with E-state index >= 15 is 0 Å². The Morgan fingerprint density at radius 1 is 0.893 bits per heavy atom. The number of esters is 2. The van der Waals surface area contributed by atoms with E-state index in [9.17, 15) is 9.59 Å². The van der Waals surface area contributed by atoms with Crippen LogP contribution in [0.1, 0.15) is 105 Å². The summed E-state index contributed by atoms with van der Waals surface area (Å²) in [7, 11) is 0. The van der Waals surface area contributed by atoms with Crippen molar-refractivity contribution >= 4 is 11.9 Å². The minimum Gasteiger partial charge on any atom is -0.462 e. The zero-order valence-corrected chi connectivity index (χ0v) is 17.6. The van der Waals surface area contributed by atoms with Gasteiger partial charge in [-0.05, 0) is 56.4 Å². The topological polar surface area (TPSA) is 52.6 Å². The molecule has 0 aliphatic heterocycles. The normalized spacial score (nSPS) is 15.4. The van der Waals surface area contributed by atoms with Gasteiger partial charge in [-0.25, -0.2) is 9.59 Å². The lowest BCUT2D eigenvalue weighted by atomic mass is 10.0. The van der Waals surface area contributed by atoms with E-state index in [0.29, 0.717) is 23.7 Å². The Labute approximate surface area is 170 Å². The molecule has 0 amide bonds. The molecule has 0 spiro atoms. The van der Waals surface area contributed by atoms with Crippen molar-refractivity contribution < 1.29 is 19.1 Å². The summed E-state index contributed by atoms with van der Waals surface area (Å²) in [6.45, 7) is 4.64. The van der Waals surface area contributed by atoms with Gasteiger partial charge >= 0.3 is 11.9 Å². The Morgan fingerprint density at radius 2 is 1.43 bits per heavy atom. The van der Waals surface area contributed by atoms with Gasteiger partial charge in [0.15, 0.2) is 0 Å². The first-order valence-corrected chi connectivity index (χ1v) is 11.1. The Morgan fingerprint density at radius 3 is 2.04 bits per heavy atom. The van der Waals surface area contributed by atoms with Crippen LogP contribution in [0, 0.1) is 5.92 Å². The number of hydrogen-bond acceptors (Lipinski definition) is 4. The Kier molecular flexibility index (Phi) is 10.1. The van der Waals surface area contributed by atoms with E-state index in [1.807, 2.05) is 6.92 Å². The lowest BCUT2D eigenvalue weighted by Gasteiger charge is -2.19. The second-order valence-corrected chi connectivity index (χ2v) is 7.99. The van der Waals surface area contributed by atoms with Gasteiger partial charge < -0.3 is 9.47 Å². The monoisotopic (exact) mass is 388 g/mol. The van der Waals surface area contributed by atoms with Gasteiger partial charge in [0, 0.05) is 0 Å². The van der Waals surface area contributed by atoms with Crippen LogP contribution in [0.25, 0.3) is 0 Å². The molecule has 28 heavy (non-hydrogen) atoms. The molecule has 0 N–H and O–H groups in total. The molecule has 1 aromatic rings. The second-order valence-electron chi connectivity index (χ2n) is 7.99. The first-order valence-electron chi connectivity index (χ1n) is 11.1. The number of hydrogen-bond donors (Lipinski definition) is 0.